The highest BCUT2D eigenvalue weighted by atomic mass is 32.2. The summed E-state index contributed by atoms with van der Waals surface area (Å²) in [4.78, 5) is 0. The van der Waals surface area contributed by atoms with E-state index in [4.69, 9.17) is 4.74 Å². The molecule has 0 amide bonds. The van der Waals surface area contributed by atoms with Crippen molar-refractivity contribution in [2.24, 2.45) is 0 Å². The lowest BCUT2D eigenvalue weighted by Gasteiger charge is -2.29. The fourth-order valence-corrected chi connectivity index (χ4v) is 2.78. The summed E-state index contributed by atoms with van der Waals surface area (Å²) in [5.74, 6) is 0. The van der Waals surface area contributed by atoms with Crippen molar-refractivity contribution >= 4 is 10.0 Å². The molecular weight excluding hydrogens is 214 g/mol. The first-order valence-corrected chi connectivity index (χ1v) is 6.87. The molecule has 0 aromatic carbocycles. The summed E-state index contributed by atoms with van der Waals surface area (Å²) in [7, 11) is -1.59. The maximum absolute atomic E-state index is 12.0. The second-order valence-electron chi connectivity index (χ2n) is 3.95. The molecule has 0 aromatic rings. The Bertz CT molecular complexity index is 262. The topological polar surface area (TPSA) is 46.6 Å². The summed E-state index contributed by atoms with van der Waals surface area (Å²) < 4.78 is 30.5. The molecule has 92 valence electrons. The largest absolute Gasteiger partial charge is 0.383 e. The smallest absolute Gasteiger partial charge is 0.216 e. The summed E-state index contributed by atoms with van der Waals surface area (Å²) in [6, 6.07) is 0.0348. The highest BCUT2D eigenvalue weighted by Crippen LogP contribution is 2.14. The first-order valence-electron chi connectivity index (χ1n) is 5.37. The number of hydrogen-bond acceptors (Lipinski definition) is 3. The van der Waals surface area contributed by atoms with Crippen LogP contribution in [0.2, 0.25) is 0 Å². The highest BCUT2D eigenvalue weighted by Gasteiger charge is 2.28. The van der Waals surface area contributed by atoms with Crippen LogP contribution in [-0.4, -0.2) is 44.3 Å². The van der Waals surface area contributed by atoms with E-state index in [0.717, 1.165) is 6.42 Å². The maximum atomic E-state index is 12.0. The molecule has 0 aliphatic rings. The van der Waals surface area contributed by atoms with Gasteiger partial charge in [0.1, 0.15) is 0 Å². The Hall–Kier alpha value is -0.130. The van der Waals surface area contributed by atoms with Crippen LogP contribution in [-0.2, 0) is 14.8 Å². The number of rotatable bonds is 7. The van der Waals surface area contributed by atoms with Gasteiger partial charge in [0, 0.05) is 19.7 Å². The van der Waals surface area contributed by atoms with E-state index in [1.54, 1.807) is 25.3 Å². The van der Waals surface area contributed by atoms with Crippen molar-refractivity contribution in [3.05, 3.63) is 0 Å². The van der Waals surface area contributed by atoms with Gasteiger partial charge in [-0.2, -0.15) is 4.31 Å². The van der Waals surface area contributed by atoms with E-state index in [1.807, 2.05) is 13.8 Å². The zero-order chi connectivity index (χ0) is 12.1. The predicted octanol–water partition coefficient (Wildman–Crippen LogP) is 1.47. The minimum absolute atomic E-state index is 0.0348. The van der Waals surface area contributed by atoms with Crippen molar-refractivity contribution in [2.45, 2.75) is 45.4 Å². The molecule has 15 heavy (non-hydrogen) atoms. The van der Waals surface area contributed by atoms with Crippen molar-refractivity contribution < 1.29 is 13.2 Å². The van der Waals surface area contributed by atoms with Gasteiger partial charge in [-0.3, -0.25) is 0 Å². The summed E-state index contributed by atoms with van der Waals surface area (Å²) in [5, 5.41) is -0.372. The van der Waals surface area contributed by atoms with Crippen LogP contribution in [0.4, 0.5) is 0 Å². The summed E-state index contributed by atoms with van der Waals surface area (Å²) >= 11 is 0. The Morgan fingerprint density at radius 1 is 1.27 bits per heavy atom. The summed E-state index contributed by atoms with van der Waals surface area (Å²) in [6.45, 7) is 8.20. The summed E-state index contributed by atoms with van der Waals surface area (Å²) in [5.41, 5.74) is 0. The monoisotopic (exact) mass is 237 g/mol. The van der Waals surface area contributed by atoms with Crippen LogP contribution >= 0.6 is 0 Å². The molecule has 0 aliphatic heterocycles. The molecule has 1 unspecified atom stereocenters. The Kier molecular flexibility index (Phi) is 6.40. The Morgan fingerprint density at radius 3 is 2.13 bits per heavy atom. The average Bonchev–Trinajstić information content (AvgIpc) is 2.17. The third-order valence-electron chi connectivity index (χ3n) is 2.52. The molecule has 4 nitrogen and oxygen atoms in total. The molecule has 0 saturated carbocycles. The molecule has 0 fully saturated rings. The first kappa shape index (κ1) is 14.9. The van der Waals surface area contributed by atoms with Crippen LogP contribution < -0.4 is 0 Å². The molecular formula is C10H23NO3S. The number of methoxy groups -OCH3 is 1. The van der Waals surface area contributed by atoms with Crippen molar-refractivity contribution in [3.63, 3.8) is 0 Å². The normalized spacial score (nSPS) is 14.9. The Labute approximate surface area is 93.7 Å². The lowest BCUT2D eigenvalue weighted by atomic mass is 10.3. The third-order valence-corrected chi connectivity index (χ3v) is 4.91. The maximum Gasteiger partial charge on any atom is 0.216 e. The van der Waals surface area contributed by atoms with E-state index in [2.05, 4.69) is 0 Å². The molecule has 0 rings (SSSR count). The molecule has 1 atom stereocenters. The van der Waals surface area contributed by atoms with E-state index >= 15 is 0 Å². The molecule has 5 heteroatoms. The second-order valence-corrected chi connectivity index (χ2v) is 6.40. The molecule has 0 aromatic heterocycles. The van der Waals surface area contributed by atoms with Crippen LogP contribution in [0.3, 0.4) is 0 Å². The van der Waals surface area contributed by atoms with Gasteiger partial charge in [0.25, 0.3) is 0 Å². The number of ether oxygens (including phenoxy) is 1. The van der Waals surface area contributed by atoms with E-state index in [0.29, 0.717) is 13.2 Å². The number of sulfonamides is 1. The molecule has 0 bridgehead atoms. The van der Waals surface area contributed by atoms with Crippen molar-refractivity contribution in [3.8, 4) is 0 Å². The van der Waals surface area contributed by atoms with Crippen molar-refractivity contribution in [2.75, 3.05) is 20.3 Å². The van der Waals surface area contributed by atoms with E-state index in [-0.39, 0.29) is 11.3 Å². The molecule has 0 radical (unpaired) electrons. The van der Waals surface area contributed by atoms with Crippen LogP contribution in [0.15, 0.2) is 0 Å². The first-order chi connectivity index (χ1) is 6.87. The lowest BCUT2D eigenvalue weighted by molar-refractivity contribution is 0.167. The van der Waals surface area contributed by atoms with Gasteiger partial charge in [-0.1, -0.05) is 6.92 Å². The lowest BCUT2D eigenvalue weighted by Crippen LogP contribution is -2.43. The van der Waals surface area contributed by atoms with Crippen molar-refractivity contribution in [1.29, 1.82) is 0 Å². The standard InChI is InChI=1S/C10H23NO3S/c1-6-10(4)11(7-8-14-5)15(12,13)9(2)3/h9-10H,6-8H2,1-5H3. The van der Waals surface area contributed by atoms with Crippen LogP contribution in [0.25, 0.3) is 0 Å². The van der Waals surface area contributed by atoms with Gasteiger partial charge in [-0.25, -0.2) is 8.42 Å². The molecule has 0 N–H and O–H groups in total. The van der Waals surface area contributed by atoms with Crippen LogP contribution in [0.1, 0.15) is 34.1 Å². The fourth-order valence-electron chi connectivity index (χ4n) is 1.25. The van der Waals surface area contributed by atoms with Gasteiger partial charge in [0.15, 0.2) is 0 Å². The zero-order valence-corrected chi connectivity index (χ0v) is 11.2. The fraction of sp³-hybridized carbons (Fsp3) is 1.00. The quantitative estimate of drug-likeness (QED) is 0.673. The van der Waals surface area contributed by atoms with Gasteiger partial charge in [0.2, 0.25) is 10.0 Å². The molecule has 0 heterocycles. The van der Waals surface area contributed by atoms with Gasteiger partial charge in [0.05, 0.1) is 11.9 Å². The van der Waals surface area contributed by atoms with E-state index in [9.17, 15) is 8.42 Å². The summed E-state index contributed by atoms with van der Waals surface area (Å²) in [6.07, 6.45) is 0.815. The minimum Gasteiger partial charge on any atom is -0.383 e. The van der Waals surface area contributed by atoms with Gasteiger partial charge in [-0.05, 0) is 27.2 Å². The van der Waals surface area contributed by atoms with Crippen LogP contribution in [0, 0.1) is 0 Å². The minimum atomic E-state index is -3.17. The Morgan fingerprint density at radius 2 is 1.80 bits per heavy atom. The number of hydrogen-bond donors (Lipinski definition) is 0. The van der Waals surface area contributed by atoms with E-state index < -0.39 is 10.0 Å². The van der Waals surface area contributed by atoms with Crippen LogP contribution in [0.5, 0.6) is 0 Å². The van der Waals surface area contributed by atoms with Crippen molar-refractivity contribution in [1.82, 2.24) is 4.31 Å². The zero-order valence-electron chi connectivity index (χ0n) is 10.4. The molecule has 0 saturated heterocycles. The predicted molar refractivity (Wildman–Crippen MR) is 62.4 cm³/mol. The molecule has 0 spiro atoms. The van der Waals surface area contributed by atoms with Gasteiger partial charge >= 0.3 is 0 Å². The third kappa shape index (κ3) is 4.09. The second kappa shape index (κ2) is 6.45. The van der Waals surface area contributed by atoms with Gasteiger partial charge < -0.3 is 4.74 Å². The average molecular weight is 237 g/mol. The molecule has 0 aliphatic carbocycles. The Balaban J connectivity index is 4.77. The van der Waals surface area contributed by atoms with Gasteiger partial charge in [-0.15, -0.1) is 0 Å². The highest BCUT2D eigenvalue weighted by molar-refractivity contribution is 7.89. The SMILES string of the molecule is CCC(C)N(CCOC)S(=O)(=O)C(C)C. The number of nitrogens with zero attached hydrogens (tertiary/aromatic N) is 1. The van der Waals surface area contributed by atoms with E-state index in [1.165, 1.54) is 0 Å².